The maximum Gasteiger partial charge on any atom is 0.407 e. The fraction of sp³-hybridized carbons (Fsp3) is 0.412. The summed E-state index contributed by atoms with van der Waals surface area (Å²) < 4.78 is 11.0. The van der Waals surface area contributed by atoms with E-state index in [1.807, 2.05) is 61.5 Å². The number of carbonyl (C=O) groups excluding carboxylic acids is 1. The number of methoxy groups -OCH3 is 1. The number of carbonyl (C=O) groups is 1. The van der Waals surface area contributed by atoms with Gasteiger partial charge in [-0.1, -0.05) is 19.9 Å². The van der Waals surface area contributed by atoms with Crippen molar-refractivity contribution in [1.29, 1.82) is 0 Å². The largest absolute Gasteiger partial charge is 0.456 e. The van der Waals surface area contributed by atoms with Crippen molar-refractivity contribution in [3.8, 4) is 22.5 Å². The second kappa shape index (κ2) is 12.7. The average Bonchev–Trinajstić information content (AvgIpc) is 3.89. The third kappa shape index (κ3) is 5.91. The highest BCUT2D eigenvalue weighted by Gasteiger charge is 2.31. The number of aromatic nitrogens is 4. The van der Waals surface area contributed by atoms with Crippen molar-refractivity contribution < 1.29 is 18.8 Å². The normalized spacial score (nSPS) is 19.4. The summed E-state index contributed by atoms with van der Waals surface area (Å²) in [6.45, 7) is 6.15. The van der Waals surface area contributed by atoms with Crippen molar-refractivity contribution >= 4 is 28.0 Å². The molecule has 4 N–H and O–H groups in total. The van der Waals surface area contributed by atoms with Crippen molar-refractivity contribution in [2.24, 2.45) is 5.92 Å². The minimum absolute atomic E-state index is 0.0448. The molecule has 240 valence electrons. The molecule has 2 aliphatic heterocycles. The Kier molecular flexibility index (Phi) is 8.33. The number of hydrogen-bond acceptors (Lipinski definition) is 9. The van der Waals surface area contributed by atoms with Crippen LogP contribution >= 0.6 is 0 Å². The second-order valence-corrected chi connectivity index (χ2v) is 12.4. The third-order valence-electron chi connectivity index (χ3n) is 9.11. The van der Waals surface area contributed by atoms with Gasteiger partial charge in [-0.2, -0.15) is 5.06 Å². The van der Waals surface area contributed by atoms with E-state index in [2.05, 4.69) is 25.6 Å². The van der Waals surface area contributed by atoms with Crippen LogP contribution < -0.4 is 16.1 Å². The fourth-order valence-electron chi connectivity index (χ4n) is 6.38. The summed E-state index contributed by atoms with van der Waals surface area (Å²) in [5.41, 5.74) is 4.41. The Morgan fingerprint density at radius 1 is 1.00 bits per heavy atom. The summed E-state index contributed by atoms with van der Waals surface area (Å²) in [5.74, 6) is 1.90. The van der Waals surface area contributed by atoms with Crippen molar-refractivity contribution in [2.45, 2.75) is 57.7 Å². The van der Waals surface area contributed by atoms with Crippen LogP contribution in [0.3, 0.4) is 0 Å². The topological polar surface area (TPSA) is 150 Å². The first-order chi connectivity index (χ1) is 22.4. The molecule has 46 heavy (non-hydrogen) atoms. The van der Waals surface area contributed by atoms with Crippen molar-refractivity contribution in [2.75, 3.05) is 26.8 Å². The number of benzene rings is 2. The van der Waals surface area contributed by atoms with Crippen LogP contribution in [0.4, 0.5) is 4.79 Å². The molecule has 0 radical (unpaired) electrons. The Balaban J connectivity index is 1.10. The van der Waals surface area contributed by atoms with E-state index < -0.39 is 6.09 Å². The van der Waals surface area contributed by atoms with E-state index in [-0.39, 0.29) is 29.5 Å². The predicted molar refractivity (Wildman–Crippen MR) is 174 cm³/mol. The van der Waals surface area contributed by atoms with Crippen LogP contribution in [0.2, 0.25) is 0 Å². The molecule has 0 spiro atoms. The zero-order valence-corrected chi connectivity index (χ0v) is 26.3. The molecule has 3 aromatic heterocycles. The van der Waals surface area contributed by atoms with Gasteiger partial charge < -0.3 is 29.8 Å². The maximum absolute atomic E-state index is 13.6. The summed E-state index contributed by atoms with van der Waals surface area (Å²) in [5, 5.41) is 9.29. The molecular weight excluding hydrogens is 586 g/mol. The molecule has 5 heterocycles. The number of rotatable bonds is 9. The fourth-order valence-corrected chi connectivity index (χ4v) is 6.38. The molecule has 3 atom stereocenters. The second-order valence-electron chi connectivity index (χ2n) is 12.4. The van der Waals surface area contributed by atoms with Gasteiger partial charge in [0.15, 0.2) is 0 Å². The molecular formula is C34H39N7O5. The number of fused-ring (bicyclic) bond motifs is 2. The van der Waals surface area contributed by atoms with E-state index in [1.165, 1.54) is 7.11 Å². The SMILES string of the molecule is COC(=O)N[C@H](CON1CCC[C@H]1c1ncc(-c2ccc3c(=O)c4cc(-c5cnc([C@@H]6CCCN6)[nH]5)ccc4oc3c2)[nH]1)C(C)C. The summed E-state index contributed by atoms with van der Waals surface area (Å²) in [4.78, 5) is 47.7. The summed E-state index contributed by atoms with van der Waals surface area (Å²) >= 11 is 0. The third-order valence-corrected chi connectivity index (χ3v) is 9.11. The summed E-state index contributed by atoms with van der Waals surface area (Å²) in [6.07, 6.45) is 7.21. The minimum Gasteiger partial charge on any atom is -0.456 e. The van der Waals surface area contributed by atoms with Gasteiger partial charge in [-0.05, 0) is 68.5 Å². The minimum atomic E-state index is -0.472. The number of ether oxygens (including phenoxy) is 1. The lowest BCUT2D eigenvalue weighted by Gasteiger charge is -2.27. The summed E-state index contributed by atoms with van der Waals surface area (Å²) in [7, 11) is 1.35. The zero-order valence-electron chi connectivity index (χ0n) is 26.3. The van der Waals surface area contributed by atoms with Gasteiger partial charge in [-0.3, -0.25) is 9.63 Å². The molecule has 12 heteroatoms. The number of aromatic amines is 2. The van der Waals surface area contributed by atoms with Crippen LogP contribution in [-0.4, -0.2) is 63.9 Å². The van der Waals surface area contributed by atoms with Crippen molar-refractivity contribution in [1.82, 2.24) is 35.6 Å². The number of H-pyrrole nitrogens is 2. The number of alkyl carbamates (subject to hydrolysis) is 1. The molecule has 7 rings (SSSR count). The van der Waals surface area contributed by atoms with Crippen LogP contribution in [0.25, 0.3) is 44.5 Å². The Morgan fingerprint density at radius 3 is 2.52 bits per heavy atom. The van der Waals surface area contributed by atoms with E-state index in [4.69, 9.17) is 19.0 Å². The highest BCUT2D eigenvalue weighted by Crippen LogP contribution is 2.33. The molecule has 2 saturated heterocycles. The number of amides is 1. The highest BCUT2D eigenvalue weighted by molar-refractivity contribution is 5.93. The molecule has 2 aromatic carbocycles. The van der Waals surface area contributed by atoms with Crippen molar-refractivity contribution in [3.63, 3.8) is 0 Å². The standard InChI is InChI=1S/C34H39N7O5/c1-19(2)27(40-34(43)44-3)18-45-41-13-5-7-28(41)33-37-17-26(39-33)21-8-10-22-30(15-21)46-29-11-9-20(14-23(29)31(22)42)25-16-36-32(38-25)24-6-4-12-35-24/h8-11,14-17,19,24,27-28,35H,4-7,12-13,18H2,1-3H3,(H,36,38)(H,37,39)(H,40,43)/t24-,27+,28-/m0/s1. The Morgan fingerprint density at radius 2 is 1.76 bits per heavy atom. The van der Waals surface area contributed by atoms with Gasteiger partial charge in [0.25, 0.3) is 0 Å². The Labute approximate surface area is 265 Å². The number of hydroxylamine groups is 2. The lowest BCUT2D eigenvalue weighted by molar-refractivity contribution is -0.178. The van der Waals surface area contributed by atoms with Gasteiger partial charge in [0.2, 0.25) is 5.43 Å². The molecule has 0 bridgehead atoms. The van der Waals surface area contributed by atoms with Gasteiger partial charge in [-0.15, -0.1) is 0 Å². The first-order valence-corrected chi connectivity index (χ1v) is 16.0. The van der Waals surface area contributed by atoms with E-state index in [0.29, 0.717) is 28.5 Å². The molecule has 12 nitrogen and oxygen atoms in total. The van der Waals surface area contributed by atoms with Crippen LogP contribution in [-0.2, 0) is 9.57 Å². The van der Waals surface area contributed by atoms with Crippen LogP contribution in [0.15, 0.2) is 58.0 Å². The van der Waals surface area contributed by atoms with E-state index in [9.17, 15) is 9.59 Å². The van der Waals surface area contributed by atoms with Gasteiger partial charge in [0.1, 0.15) is 22.8 Å². The first kappa shape index (κ1) is 30.2. The molecule has 2 fully saturated rings. The van der Waals surface area contributed by atoms with Gasteiger partial charge >= 0.3 is 6.09 Å². The lowest BCUT2D eigenvalue weighted by atomic mass is 10.1. The zero-order chi connectivity index (χ0) is 31.8. The molecule has 2 aliphatic rings. The van der Waals surface area contributed by atoms with Crippen LogP contribution in [0, 0.1) is 5.92 Å². The predicted octanol–water partition coefficient (Wildman–Crippen LogP) is 5.60. The van der Waals surface area contributed by atoms with E-state index in [1.54, 1.807) is 6.20 Å². The number of nitrogens with zero attached hydrogens (tertiary/aromatic N) is 3. The number of imidazole rings is 2. The first-order valence-electron chi connectivity index (χ1n) is 16.0. The molecule has 1 amide bonds. The Bertz CT molecular complexity index is 1920. The van der Waals surface area contributed by atoms with Gasteiger partial charge in [0, 0.05) is 17.7 Å². The molecule has 5 aromatic rings. The monoisotopic (exact) mass is 625 g/mol. The summed E-state index contributed by atoms with van der Waals surface area (Å²) in [6, 6.07) is 11.3. The van der Waals surface area contributed by atoms with Crippen LogP contribution in [0.1, 0.15) is 63.3 Å². The lowest BCUT2D eigenvalue weighted by Crippen LogP contribution is -2.43. The molecule has 0 unspecified atom stereocenters. The van der Waals surface area contributed by atoms with E-state index >= 15 is 0 Å². The number of hydrogen-bond donors (Lipinski definition) is 4. The van der Waals surface area contributed by atoms with E-state index in [0.717, 1.165) is 72.9 Å². The molecule has 0 saturated carbocycles. The number of nitrogens with one attached hydrogen (secondary N) is 4. The van der Waals surface area contributed by atoms with Crippen molar-refractivity contribution in [3.05, 3.63) is 70.7 Å². The van der Waals surface area contributed by atoms with Gasteiger partial charge in [0.05, 0.1) is 66.4 Å². The highest BCUT2D eigenvalue weighted by atomic mass is 16.7. The molecule has 0 aliphatic carbocycles. The average molecular weight is 626 g/mol. The quantitative estimate of drug-likeness (QED) is 0.154. The smallest absolute Gasteiger partial charge is 0.407 e. The van der Waals surface area contributed by atoms with Gasteiger partial charge in [-0.25, -0.2) is 14.8 Å². The Hall–Kier alpha value is -4.52. The maximum atomic E-state index is 13.6. The van der Waals surface area contributed by atoms with Crippen LogP contribution in [0.5, 0.6) is 0 Å².